The second-order valence-corrected chi connectivity index (χ2v) is 6.66. The molecule has 0 saturated heterocycles. The quantitative estimate of drug-likeness (QED) is 0.417. The predicted octanol–water partition coefficient (Wildman–Crippen LogP) is 4.47. The highest BCUT2D eigenvalue weighted by atomic mass is 16.5. The largest absolute Gasteiger partial charge is 0.356 e. The van der Waals surface area contributed by atoms with Crippen molar-refractivity contribution >= 4 is 6.29 Å². The Morgan fingerprint density at radius 2 is 1.15 bits per heavy atom. The Hall–Kier alpha value is -2.75. The molecule has 0 heterocycles. The van der Waals surface area contributed by atoms with Gasteiger partial charge in [0.05, 0.1) is 0 Å². The smallest absolute Gasteiger partial charge is 0.182 e. The fourth-order valence-corrected chi connectivity index (χ4v) is 3.30. The van der Waals surface area contributed by atoms with E-state index in [1.54, 1.807) is 7.11 Å². The first kappa shape index (κ1) is 19.0. The molecule has 0 amide bonds. The molecular weight excluding hydrogens is 334 g/mol. The second kappa shape index (κ2) is 9.26. The van der Waals surface area contributed by atoms with Gasteiger partial charge in [0, 0.05) is 26.6 Å². The van der Waals surface area contributed by atoms with E-state index in [9.17, 15) is 4.79 Å². The fourth-order valence-electron chi connectivity index (χ4n) is 3.30. The Morgan fingerprint density at radius 3 is 1.52 bits per heavy atom. The number of hydrogen-bond donors (Lipinski definition) is 0. The molecule has 0 aliphatic heterocycles. The van der Waals surface area contributed by atoms with Crippen molar-refractivity contribution in [2.24, 2.45) is 0 Å². The summed E-state index contributed by atoms with van der Waals surface area (Å²) >= 11 is 0. The second-order valence-electron chi connectivity index (χ2n) is 6.66. The molecule has 0 aliphatic rings. The molecule has 0 bridgehead atoms. The summed E-state index contributed by atoms with van der Waals surface area (Å²) in [5.74, 6) is 0. The maximum atomic E-state index is 12.3. The van der Waals surface area contributed by atoms with E-state index in [-0.39, 0.29) is 0 Å². The number of rotatable bonds is 9. The van der Waals surface area contributed by atoms with Gasteiger partial charge < -0.3 is 4.74 Å². The summed E-state index contributed by atoms with van der Waals surface area (Å²) in [5, 5.41) is 0. The highest BCUT2D eigenvalue weighted by Crippen LogP contribution is 2.25. The molecule has 0 aromatic heterocycles. The Kier molecular flexibility index (Phi) is 6.53. The van der Waals surface area contributed by atoms with Crippen LogP contribution < -0.4 is 0 Å². The summed E-state index contributed by atoms with van der Waals surface area (Å²) in [6, 6.07) is 30.4. The van der Waals surface area contributed by atoms with Crippen molar-refractivity contribution in [1.29, 1.82) is 0 Å². The van der Waals surface area contributed by atoms with Gasteiger partial charge >= 0.3 is 0 Å². The van der Waals surface area contributed by atoms with Gasteiger partial charge in [0.1, 0.15) is 0 Å². The third-order valence-electron chi connectivity index (χ3n) is 4.81. The number of ether oxygens (including phenoxy) is 1. The van der Waals surface area contributed by atoms with Crippen LogP contribution in [0.3, 0.4) is 0 Å². The Morgan fingerprint density at radius 1 is 0.741 bits per heavy atom. The predicted molar refractivity (Wildman–Crippen MR) is 108 cm³/mol. The number of hydrogen-bond acceptors (Lipinski definition) is 3. The molecule has 0 spiro atoms. The van der Waals surface area contributed by atoms with Gasteiger partial charge in [-0.25, -0.2) is 0 Å². The molecular formula is C24H25NO2. The van der Waals surface area contributed by atoms with Crippen molar-refractivity contribution in [2.45, 2.75) is 25.2 Å². The normalized spacial score (nSPS) is 13.3. The maximum absolute atomic E-state index is 12.3. The zero-order valence-corrected chi connectivity index (χ0v) is 15.6. The summed E-state index contributed by atoms with van der Waals surface area (Å²) in [6.45, 7) is 1.24. The summed E-state index contributed by atoms with van der Waals surface area (Å²) in [6.07, 6.45) is 1.43. The van der Waals surface area contributed by atoms with Gasteiger partial charge in [-0.15, -0.1) is 0 Å². The number of nitrogens with zero attached hydrogens (tertiary/aromatic N) is 1. The van der Waals surface area contributed by atoms with Gasteiger partial charge in [-0.2, -0.15) is 0 Å². The van der Waals surface area contributed by atoms with E-state index < -0.39 is 5.72 Å². The highest BCUT2D eigenvalue weighted by molar-refractivity contribution is 5.63. The first-order valence-corrected chi connectivity index (χ1v) is 9.14. The standard InChI is InChI=1S/C24H25NO2/c1-27-24(20-26,17-21-11-5-2-6-12-21)25(18-22-13-7-3-8-14-22)19-23-15-9-4-10-16-23/h2-16,20H,17-19H2,1H3. The van der Waals surface area contributed by atoms with Crippen molar-refractivity contribution in [1.82, 2.24) is 4.90 Å². The van der Waals surface area contributed by atoms with Gasteiger partial charge in [-0.05, 0) is 16.7 Å². The van der Waals surface area contributed by atoms with E-state index >= 15 is 0 Å². The molecule has 138 valence electrons. The molecule has 3 aromatic carbocycles. The average molecular weight is 359 g/mol. The third-order valence-corrected chi connectivity index (χ3v) is 4.81. The van der Waals surface area contributed by atoms with Crippen LogP contribution in [0.25, 0.3) is 0 Å². The number of benzene rings is 3. The molecule has 3 rings (SSSR count). The number of carbonyl (C=O) groups is 1. The molecule has 1 atom stereocenters. The number of aldehydes is 1. The van der Waals surface area contributed by atoms with Crippen LogP contribution in [-0.2, 0) is 29.0 Å². The molecule has 0 N–H and O–H groups in total. The molecule has 0 saturated carbocycles. The number of carbonyl (C=O) groups excluding carboxylic acids is 1. The summed E-state index contributed by atoms with van der Waals surface area (Å²) < 4.78 is 5.86. The highest BCUT2D eigenvalue weighted by Gasteiger charge is 2.37. The zero-order chi connectivity index (χ0) is 19.0. The molecule has 3 aromatic rings. The minimum absolute atomic E-state index is 0.494. The lowest BCUT2D eigenvalue weighted by atomic mass is 10.00. The molecule has 1 unspecified atom stereocenters. The third kappa shape index (κ3) is 4.91. The van der Waals surface area contributed by atoms with Crippen molar-refractivity contribution in [3.05, 3.63) is 108 Å². The van der Waals surface area contributed by atoms with Crippen LogP contribution in [0.5, 0.6) is 0 Å². The van der Waals surface area contributed by atoms with Crippen LogP contribution in [0, 0.1) is 0 Å². The van der Waals surface area contributed by atoms with Gasteiger partial charge in [-0.3, -0.25) is 9.69 Å². The van der Waals surface area contributed by atoms with Crippen LogP contribution in [0.2, 0.25) is 0 Å². The maximum Gasteiger partial charge on any atom is 0.182 e. The lowest BCUT2D eigenvalue weighted by Gasteiger charge is -2.39. The first-order valence-electron chi connectivity index (χ1n) is 9.14. The van der Waals surface area contributed by atoms with E-state index in [1.165, 1.54) is 0 Å². The summed E-state index contributed by atoms with van der Waals surface area (Å²) in [7, 11) is 1.61. The number of methoxy groups -OCH3 is 1. The van der Waals surface area contributed by atoms with Crippen molar-refractivity contribution in [3.8, 4) is 0 Å². The minimum Gasteiger partial charge on any atom is -0.356 e. The van der Waals surface area contributed by atoms with E-state index in [4.69, 9.17) is 4.74 Å². The van der Waals surface area contributed by atoms with Gasteiger partial charge in [0.15, 0.2) is 12.0 Å². The van der Waals surface area contributed by atoms with Crippen LogP contribution in [0.15, 0.2) is 91.0 Å². The van der Waals surface area contributed by atoms with Crippen molar-refractivity contribution in [3.63, 3.8) is 0 Å². The molecule has 3 nitrogen and oxygen atoms in total. The fraction of sp³-hybridized carbons (Fsp3) is 0.208. The van der Waals surface area contributed by atoms with E-state index in [0.29, 0.717) is 19.5 Å². The minimum atomic E-state index is -1.03. The van der Waals surface area contributed by atoms with Crippen LogP contribution in [0.1, 0.15) is 16.7 Å². The van der Waals surface area contributed by atoms with Crippen molar-refractivity contribution < 1.29 is 9.53 Å². The molecule has 0 aliphatic carbocycles. The lowest BCUT2D eigenvalue weighted by Crippen LogP contribution is -2.52. The monoisotopic (exact) mass is 359 g/mol. The van der Waals surface area contributed by atoms with E-state index in [1.807, 2.05) is 66.7 Å². The van der Waals surface area contributed by atoms with Gasteiger partial charge in [0.25, 0.3) is 0 Å². The van der Waals surface area contributed by atoms with E-state index in [2.05, 4.69) is 29.2 Å². The lowest BCUT2D eigenvalue weighted by molar-refractivity contribution is -0.161. The van der Waals surface area contributed by atoms with E-state index in [0.717, 1.165) is 23.0 Å². The van der Waals surface area contributed by atoms with Crippen LogP contribution in [-0.4, -0.2) is 24.0 Å². The molecule has 0 fully saturated rings. The van der Waals surface area contributed by atoms with Gasteiger partial charge in [-0.1, -0.05) is 91.0 Å². The zero-order valence-electron chi connectivity index (χ0n) is 15.6. The SMILES string of the molecule is COC(C=O)(Cc1ccccc1)N(Cc1ccccc1)Cc1ccccc1. The topological polar surface area (TPSA) is 29.5 Å². The van der Waals surface area contributed by atoms with Crippen LogP contribution >= 0.6 is 0 Å². The molecule has 0 radical (unpaired) electrons. The summed E-state index contributed by atoms with van der Waals surface area (Å²) in [4.78, 5) is 14.4. The molecule has 27 heavy (non-hydrogen) atoms. The van der Waals surface area contributed by atoms with Crippen molar-refractivity contribution in [2.75, 3.05) is 7.11 Å². The van der Waals surface area contributed by atoms with Gasteiger partial charge in [0.2, 0.25) is 0 Å². The summed E-state index contributed by atoms with van der Waals surface area (Å²) in [5.41, 5.74) is 2.32. The Bertz CT molecular complexity index is 779. The van der Waals surface area contributed by atoms with Crippen LogP contribution in [0.4, 0.5) is 0 Å². The average Bonchev–Trinajstić information content (AvgIpc) is 2.74. The molecule has 3 heteroatoms. The Labute approximate surface area is 161 Å². The Balaban J connectivity index is 1.94. The first-order chi connectivity index (χ1) is 13.3.